The zero-order chi connectivity index (χ0) is 6.57. The van der Waals surface area contributed by atoms with E-state index in [0.717, 1.165) is 7.11 Å². The Morgan fingerprint density at radius 3 is 2.62 bits per heavy atom. The standard InChI is InChI=1S/C4H7FO3/c1-8-4(7)3(6)2-5/h3,6H,2H2,1H3. The van der Waals surface area contributed by atoms with E-state index in [4.69, 9.17) is 5.11 Å². The Morgan fingerprint density at radius 1 is 2.00 bits per heavy atom. The van der Waals surface area contributed by atoms with Gasteiger partial charge in [-0.15, -0.1) is 0 Å². The number of aliphatic hydroxyl groups is 1. The van der Waals surface area contributed by atoms with Gasteiger partial charge in [-0.2, -0.15) is 0 Å². The Morgan fingerprint density at radius 2 is 2.50 bits per heavy atom. The number of methoxy groups -OCH3 is 1. The quantitative estimate of drug-likeness (QED) is 0.502. The SMILES string of the molecule is COC(=O)C(O)CF. The van der Waals surface area contributed by atoms with Crippen molar-refractivity contribution in [1.82, 2.24) is 0 Å². The third-order valence-electron chi connectivity index (χ3n) is 0.619. The molecule has 0 fully saturated rings. The highest BCUT2D eigenvalue weighted by Crippen LogP contribution is 1.85. The zero-order valence-corrected chi connectivity index (χ0v) is 4.43. The molecular weight excluding hydrogens is 115 g/mol. The van der Waals surface area contributed by atoms with Gasteiger partial charge in [0.15, 0.2) is 6.10 Å². The van der Waals surface area contributed by atoms with Crippen LogP contribution in [-0.4, -0.2) is 31.0 Å². The predicted molar refractivity (Wildman–Crippen MR) is 24.0 cm³/mol. The first-order chi connectivity index (χ1) is 3.72. The van der Waals surface area contributed by atoms with Crippen LogP contribution in [0.5, 0.6) is 0 Å². The molecule has 0 aliphatic rings. The van der Waals surface area contributed by atoms with E-state index in [1.54, 1.807) is 0 Å². The first kappa shape index (κ1) is 7.36. The number of ether oxygens (including phenoxy) is 1. The zero-order valence-electron chi connectivity index (χ0n) is 4.43. The number of hydrogen-bond donors (Lipinski definition) is 1. The lowest BCUT2D eigenvalue weighted by Gasteiger charge is -2.00. The van der Waals surface area contributed by atoms with E-state index in [2.05, 4.69) is 4.74 Å². The van der Waals surface area contributed by atoms with Gasteiger partial charge in [0.25, 0.3) is 0 Å². The smallest absolute Gasteiger partial charge is 0.337 e. The van der Waals surface area contributed by atoms with Crippen LogP contribution in [0.25, 0.3) is 0 Å². The molecule has 0 saturated carbocycles. The van der Waals surface area contributed by atoms with Gasteiger partial charge in [0.2, 0.25) is 0 Å². The summed E-state index contributed by atoms with van der Waals surface area (Å²) in [6.45, 7) is -1.09. The molecule has 0 aliphatic carbocycles. The molecule has 0 bridgehead atoms. The summed E-state index contributed by atoms with van der Waals surface area (Å²) in [4.78, 5) is 10.0. The number of esters is 1. The van der Waals surface area contributed by atoms with Crippen molar-refractivity contribution in [1.29, 1.82) is 0 Å². The molecule has 1 atom stereocenters. The fraction of sp³-hybridized carbons (Fsp3) is 0.750. The van der Waals surface area contributed by atoms with E-state index >= 15 is 0 Å². The second-order valence-electron chi connectivity index (χ2n) is 1.19. The summed E-state index contributed by atoms with van der Waals surface area (Å²) >= 11 is 0. The number of hydrogen-bond acceptors (Lipinski definition) is 3. The highest BCUT2D eigenvalue weighted by Gasteiger charge is 2.13. The third-order valence-corrected chi connectivity index (χ3v) is 0.619. The van der Waals surface area contributed by atoms with E-state index in [1.807, 2.05) is 0 Å². The van der Waals surface area contributed by atoms with Crippen LogP contribution in [0.3, 0.4) is 0 Å². The van der Waals surface area contributed by atoms with Crippen molar-refractivity contribution in [2.24, 2.45) is 0 Å². The number of alkyl halides is 1. The Bertz CT molecular complexity index is 83.4. The molecule has 0 radical (unpaired) electrons. The van der Waals surface area contributed by atoms with Crippen molar-refractivity contribution in [3.8, 4) is 0 Å². The summed E-state index contributed by atoms with van der Waals surface area (Å²) in [5.74, 6) is -0.937. The number of rotatable bonds is 2. The minimum Gasteiger partial charge on any atom is -0.467 e. The fourth-order valence-corrected chi connectivity index (χ4v) is 0.199. The normalized spacial score (nSPS) is 12.9. The second kappa shape index (κ2) is 3.37. The molecule has 3 nitrogen and oxygen atoms in total. The summed E-state index contributed by atoms with van der Waals surface area (Å²) in [5.41, 5.74) is 0. The first-order valence-corrected chi connectivity index (χ1v) is 2.04. The molecule has 0 aliphatic heterocycles. The maximum absolute atomic E-state index is 11.3. The van der Waals surface area contributed by atoms with Gasteiger partial charge in [-0.1, -0.05) is 0 Å². The van der Waals surface area contributed by atoms with Crippen LogP contribution in [0.1, 0.15) is 0 Å². The molecule has 4 heteroatoms. The Kier molecular flexibility index (Phi) is 3.10. The first-order valence-electron chi connectivity index (χ1n) is 2.04. The molecule has 0 aromatic rings. The molecule has 0 saturated heterocycles. The number of carbonyl (C=O) groups is 1. The van der Waals surface area contributed by atoms with Crippen LogP contribution >= 0.6 is 0 Å². The van der Waals surface area contributed by atoms with Gasteiger partial charge in [0.1, 0.15) is 6.67 Å². The number of aliphatic hydroxyl groups excluding tert-OH is 1. The van der Waals surface area contributed by atoms with Crippen molar-refractivity contribution in [2.75, 3.05) is 13.8 Å². The van der Waals surface area contributed by atoms with Crippen molar-refractivity contribution < 1.29 is 19.0 Å². The summed E-state index contributed by atoms with van der Waals surface area (Å²) in [5, 5.41) is 8.28. The number of halogens is 1. The van der Waals surface area contributed by atoms with E-state index in [-0.39, 0.29) is 0 Å². The fourth-order valence-electron chi connectivity index (χ4n) is 0.199. The largest absolute Gasteiger partial charge is 0.467 e. The molecule has 0 rings (SSSR count). The van der Waals surface area contributed by atoms with E-state index < -0.39 is 18.7 Å². The summed E-state index contributed by atoms with van der Waals surface area (Å²) in [6.07, 6.45) is -1.61. The minimum absolute atomic E-state index is 0.937. The second-order valence-corrected chi connectivity index (χ2v) is 1.19. The number of carbonyl (C=O) groups excluding carboxylic acids is 1. The van der Waals surface area contributed by atoms with Crippen LogP contribution in [0.4, 0.5) is 4.39 Å². The van der Waals surface area contributed by atoms with Gasteiger partial charge in [0, 0.05) is 0 Å². The molecule has 0 spiro atoms. The van der Waals surface area contributed by atoms with Crippen molar-refractivity contribution in [3.05, 3.63) is 0 Å². The van der Waals surface area contributed by atoms with Gasteiger partial charge < -0.3 is 9.84 Å². The van der Waals surface area contributed by atoms with Crippen LogP contribution < -0.4 is 0 Å². The lowest BCUT2D eigenvalue weighted by atomic mass is 10.4. The monoisotopic (exact) mass is 122 g/mol. The summed E-state index contributed by atoms with van der Waals surface area (Å²) in [7, 11) is 1.08. The maximum Gasteiger partial charge on any atom is 0.337 e. The van der Waals surface area contributed by atoms with Crippen LogP contribution in [0.2, 0.25) is 0 Å². The summed E-state index contributed by atoms with van der Waals surface area (Å²) in [6, 6.07) is 0. The highest BCUT2D eigenvalue weighted by atomic mass is 19.1. The predicted octanol–water partition coefficient (Wildman–Crippen LogP) is -0.510. The molecule has 0 heterocycles. The molecule has 0 amide bonds. The molecule has 0 aromatic heterocycles. The van der Waals surface area contributed by atoms with E-state index in [0.29, 0.717) is 0 Å². The third kappa shape index (κ3) is 1.88. The van der Waals surface area contributed by atoms with E-state index in [9.17, 15) is 9.18 Å². The molecule has 0 aromatic carbocycles. The van der Waals surface area contributed by atoms with Gasteiger partial charge in [-0.25, -0.2) is 9.18 Å². The highest BCUT2D eigenvalue weighted by molar-refractivity contribution is 5.74. The summed E-state index contributed by atoms with van der Waals surface area (Å²) < 4.78 is 15.2. The Labute approximate surface area is 46.1 Å². The molecule has 1 N–H and O–H groups in total. The molecule has 1 unspecified atom stereocenters. The van der Waals surface area contributed by atoms with Crippen molar-refractivity contribution >= 4 is 5.97 Å². The maximum atomic E-state index is 11.3. The van der Waals surface area contributed by atoms with Crippen LogP contribution in [0, 0.1) is 0 Å². The minimum atomic E-state index is -1.61. The van der Waals surface area contributed by atoms with Gasteiger partial charge in [-0.3, -0.25) is 0 Å². The van der Waals surface area contributed by atoms with Gasteiger partial charge in [0.05, 0.1) is 7.11 Å². The van der Waals surface area contributed by atoms with E-state index in [1.165, 1.54) is 0 Å². The van der Waals surface area contributed by atoms with Crippen molar-refractivity contribution in [3.63, 3.8) is 0 Å². The van der Waals surface area contributed by atoms with Gasteiger partial charge in [-0.05, 0) is 0 Å². The lowest BCUT2D eigenvalue weighted by Crippen LogP contribution is -2.23. The van der Waals surface area contributed by atoms with Crippen LogP contribution in [-0.2, 0) is 9.53 Å². The average Bonchev–Trinajstić information content (AvgIpc) is 1.84. The average molecular weight is 122 g/mol. The molecular formula is C4H7FO3. The topological polar surface area (TPSA) is 46.5 Å². The van der Waals surface area contributed by atoms with Crippen molar-refractivity contribution in [2.45, 2.75) is 6.10 Å². The Balaban J connectivity index is 3.46. The van der Waals surface area contributed by atoms with Gasteiger partial charge >= 0.3 is 5.97 Å². The Hall–Kier alpha value is -0.640. The van der Waals surface area contributed by atoms with Crippen LogP contribution in [0.15, 0.2) is 0 Å². The lowest BCUT2D eigenvalue weighted by molar-refractivity contribution is -0.151. The molecule has 48 valence electrons. The molecule has 8 heavy (non-hydrogen) atoms.